The number of hydrogen-bond donors (Lipinski definition) is 5. The van der Waals surface area contributed by atoms with E-state index in [9.17, 15) is 19.0 Å². The first-order valence-corrected chi connectivity index (χ1v) is 11.7. The molecular weight excluding hydrogens is 450 g/mol. The molecule has 0 saturated carbocycles. The lowest BCUT2D eigenvalue weighted by molar-refractivity contribution is -0.120. The number of nitrogen functional groups attached to an aromatic ring is 1. The molecule has 1 heterocycles. The van der Waals surface area contributed by atoms with Crippen LogP contribution in [-0.2, 0) is 10.2 Å². The van der Waals surface area contributed by atoms with Crippen molar-refractivity contribution in [2.45, 2.75) is 43.9 Å². The van der Waals surface area contributed by atoms with Crippen molar-refractivity contribution in [1.82, 2.24) is 0 Å². The Balaban J connectivity index is 0.00000289. The van der Waals surface area contributed by atoms with Gasteiger partial charge in [-0.15, -0.1) is 16.8 Å². The van der Waals surface area contributed by atoms with E-state index in [4.69, 9.17) is 5.73 Å². The van der Waals surface area contributed by atoms with Crippen LogP contribution in [-0.4, -0.2) is 25.8 Å². The van der Waals surface area contributed by atoms with E-state index in [0.29, 0.717) is 29.3 Å². The number of benzene rings is 2. The normalized spacial score (nSPS) is 22.3. The van der Waals surface area contributed by atoms with Crippen LogP contribution in [0.2, 0.25) is 0 Å². The first kappa shape index (κ1) is 24.1. The smallest absolute Gasteiger partial charge is 0.180 e. The number of amidine groups is 1. The Morgan fingerprint density at radius 3 is 2.56 bits per heavy atom. The van der Waals surface area contributed by atoms with Gasteiger partial charge < -0.3 is 16.2 Å². The third-order valence-corrected chi connectivity index (χ3v) is 7.34. The van der Waals surface area contributed by atoms with Gasteiger partial charge in [-0.05, 0) is 49.4 Å². The molecule has 2 aliphatic rings. The summed E-state index contributed by atoms with van der Waals surface area (Å²) in [7, 11) is -3.60. The van der Waals surface area contributed by atoms with Crippen LogP contribution in [0.15, 0.2) is 57.3 Å². The van der Waals surface area contributed by atoms with E-state index in [1.807, 2.05) is 19.1 Å². The summed E-state index contributed by atoms with van der Waals surface area (Å²) in [5.74, 6) is -0.174. The summed E-state index contributed by atoms with van der Waals surface area (Å²) in [5.41, 5.74) is 6.93. The molecule has 0 radical (unpaired) electrons. The summed E-state index contributed by atoms with van der Waals surface area (Å²) < 4.78 is 25.4. The van der Waals surface area contributed by atoms with Crippen molar-refractivity contribution >= 4 is 51.9 Å². The van der Waals surface area contributed by atoms with E-state index >= 15 is 0 Å². The number of aliphatic hydroxyl groups is 1. The summed E-state index contributed by atoms with van der Waals surface area (Å²) >= 11 is 0. The number of Topliss-reactive ketones (excluding diaryl/α,β-unsaturated/α-hetero) is 1. The third kappa shape index (κ3) is 3.88. The van der Waals surface area contributed by atoms with E-state index in [1.165, 1.54) is 6.07 Å². The van der Waals surface area contributed by atoms with Gasteiger partial charge in [0.1, 0.15) is 16.2 Å². The number of anilines is 2. The maximum Gasteiger partial charge on any atom is 0.180 e. The fourth-order valence-electron chi connectivity index (χ4n) is 4.16. The van der Waals surface area contributed by atoms with Crippen molar-refractivity contribution in [3.8, 4) is 0 Å². The number of carbonyl (C=O) groups is 1. The van der Waals surface area contributed by atoms with Crippen LogP contribution in [0.5, 0.6) is 0 Å². The van der Waals surface area contributed by atoms with Crippen LogP contribution in [0.3, 0.4) is 0 Å². The van der Waals surface area contributed by atoms with Crippen LogP contribution >= 0.6 is 23.2 Å². The zero-order valence-corrected chi connectivity index (χ0v) is 19.8. The predicted octanol–water partition coefficient (Wildman–Crippen LogP) is 5.79. The molecule has 0 fully saturated rings. The van der Waals surface area contributed by atoms with Gasteiger partial charge >= 0.3 is 0 Å². The Morgan fingerprint density at radius 2 is 1.88 bits per heavy atom. The highest BCUT2D eigenvalue weighted by molar-refractivity contribution is 8.23. The molecule has 0 spiro atoms. The van der Waals surface area contributed by atoms with Crippen molar-refractivity contribution in [2.75, 3.05) is 11.1 Å². The molecule has 9 heteroatoms. The van der Waals surface area contributed by atoms with Gasteiger partial charge in [0.25, 0.3) is 0 Å². The zero-order chi connectivity index (χ0) is 22.6. The quantitative estimate of drug-likeness (QED) is 0.355. The topological polar surface area (TPSA) is 128 Å². The molecular formula is C23H28ClN3O4S. The van der Waals surface area contributed by atoms with Crippen LogP contribution < -0.4 is 11.1 Å². The average Bonchev–Trinajstić information content (AvgIpc) is 2.71. The largest absolute Gasteiger partial charge is 0.506 e. The van der Waals surface area contributed by atoms with Crippen LogP contribution in [0.1, 0.15) is 44.7 Å². The van der Waals surface area contributed by atoms with Crippen molar-refractivity contribution in [1.29, 1.82) is 0 Å². The number of aliphatic hydroxyl groups excluding tert-OH is 1. The molecule has 0 saturated heterocycles. The molecule has 32 heavy (non-hydrogen) atoms. The molecule has 0 amide bonds. The van der Waals surface area contributed by atoms with Gasteiger partial charge in [0.2, 0.25) is 0 Å². The minimum atomic E-state index is -3.60. The molecule has 0 aromatic heterocycles. The number of nitrogens with two attached hydrogens (primary N) is 1. The van der Waals surface area contributed by atoms with Crippen LogP contribution in [0.25, 0.3) is 5.76 Å². The molecule has 0 unspecified atom stereocenters. The van der Waals surface area contributed by atoms with Gasteiger partial charge in [-0.3, -0.25) is 13.9 Å². The fraction of sp³-hybridized carbons (Fsp3) is 0.304. The van der Waals surface area contributed by atoms with Crippen molar-refractivity contribution in [2.24, 2.45) is 10.3 Å². The maximum atomic E-state index is 13.8. The number of halogens is 1. The van der Waals surface area contributed by atoms with Gasteiger partial charge in [0.05, 0.1) is 11.1 Å². The minimum Gasteiger partial charge on any atom is -0.506 e. The molecule has 6 N–H and O–H groups in total. The lowest BCUT2D eigenvalue weighted by atomic mass is 9.66. The second kappa shape index (κ2) is 8.44. The van der Waals surface area contributed by atoms with E-state index in [1.54, 1.807) is 24.3 Å². The minimum absolute atomic E-state index is 0. The van der Waals surface area contributed by atoms with Crippen molar-refractivity contribution in [3.63, 3.8) is 0 Å². The highest BCUT2D eigenvalue weighted by atomic mass is 35.5. The Hall–Kier alpha value is -2.52. The van der Waals surface area contributed by atoms with E-state index in [-0.39, 0.29) is 40.3 Å². The predicted molar refractivity (Wildman–Crippen MR) is 133 cm³/mol. The molecule has 0 bridgehead atoms. The summed E-state index contributed by atoms with van der Waals surface area (Å²) in [6.07, 6.45) is 1.41. The molecule has 7 nitrogen and oxygen atoms in total. The summed E-state index contributed by atoms with van der Waals surface area (Å²) in [6.45, 7) is 6.07. The lowest BCUT2D eigenvalue weighted by Gasteiger charge is -2.39. The van der Waals surface area contributed by atoms with E-state index in [2.05, 4.69) is 23.6 Å². The molecule has 2 aromatic rings. The highest BCUT2D eigenvalue weighted by Gasteiger charge is 2.46. The monoisotopic (exact) mass is 477 g/mol. The van der Waals surface area contributed by atoms with Gasteiger partial charge in [0, 0.05) is 11.3 Å². The average molecular weight is 478 g/mol. The molecule has 1 atom stereocenters. The lowest BCUT2D eigenvalue weighted by Crippen LogP contribution is -2.42. The maximum absolute atomic E-state index is 13.8. The Labute approximate surface area is 195 Å². The summed E-state index contributed by atoms with van der Waals surface area (Å²) in [4.78, 5) is 14.0. The van der Waals surface area contributed by atoms with Crippen LogP contribution in [0, 0.1) is 5.92 Å². The van der Waals surface area contributed by atoms with E-state index < -0.39 is 16.2 Å². The second-order valence-corrected chi connectivity index (χ2v) is 10.4. The summed E-state index contributed by atoms with van der Waals surface area (Å²) in [5, 5.41) is 14.1. The Morgan fingerprint density at radius 1 is 1.19 bits per heavy atom. The fourth-order valence-corrected chi connectivity index (χ4v) is 5.36. The van der Waals surface area contributed by atoms with Gasteiger partial charge in [0.15, 0.2) is 11.6 Å². The highest BCUT2D eigenvalue weighted by Crippen LogP contribution is 2.56. The number of nitrogens with zero attached hydrogens (tertiary/aromatic N) is 1. The van der Waals surface area contributed by atoms with Gasteiger partial charge in [-0.2, -0.15) is 0 Å². The van der Waals surface area contributed by atoms with Gasteiger partial charge in [-0.25, -0.2) is 0 Å². The van der Waals surface area contributed by atoms with E-state index in [0.717, 1.165) is 12.0 Å². The zero-order valence-electron chi connectivity index (χ0n) is 18.1. The Bertz CT molecular complexity index is 1150. The number of hydrogen-bond acceptors (Lipinski definition) is 7. The molecule has 1 aliphatic heterocycles. The first-order chi connectivity index (χ1) is 14.5. The molecule has 2 aromatic carbocycles. The van der Waals surface area contributed by atoms with Crippen molar-refractivity contribution in [3.05, 3.63) is 59.2 Å². The number of carbonyl (C=O) groups excluding carboxylic acids is 1. The first-order valence-electron chi connectivity index (χ1n) is 10.2. The van der Waals surface area contributed by atoms with Crippen LogP contribution in [0.4, 0.5) is 11.4 Å². The second-order valence-electron chi connectivity index (χ2n) is 8.70. The third-order valence-electron chi connectivity index (χ3n) is 5.97. The van der Waals surface area contributed by atoms with Gasteiger partial charge in [-0.1, -0.05) is 48.9 Å². The molecule has 4 rings (SSSR count). The molecule has 1 aliphatic carbocycles. The Kier molecular flexibility index (Phi) is 6.36. The number of rotatable bonds is 4. The number of nitrogens with one attached hydrogen (secondary N) is 1. The number of ketones is 1. The van der Waals surface area contributed by atoms with Crippen molar-refractivity contribution < 1.29 is 19.0 Å². The standard InChI is InChI=1S/C23H27N3O4S.ClH/c1-13(2)10-11-23(3)16-7-5-4-6-15(16)20(27)19(21(23)28)22-25-17-9-8-14(24)12-18(17)31(29,30)26-22;/h4-9,12-13,27,29-30H,10-11,24H2,1-3H3,(H,25,26);1H/t23-;/m1./s1. The molecule has 172 valence electrons. The SMILES string of the molecule is CC(C)CC[C@@]1(C)C(=O)C(C2=NS(O)(O)c3cc(N)ccc3N2)=C(O)c2ccccc21.Cl. The summed E-state index contributed by atoms with van der Waals surface area (Å²) in [6, 6.07) is 11.9. The number of fused-ring (bicyclic) bond motifs is 2.